The molecule has 0 bridgehead atoms. The van der Waals surface area contributed by atoms with E-state index in [-0.39, 0.29) is 10.9 Å². The largest absolute Gasteiger partial charge is 0.325 e. The summed E-state index contributed by atoms with van der Waals surface area (Å²) in [5.74, 6) is 0.262. The topological polar surface area (TPSA) is 76.1 Å². The summed E-state index contributed by atoms with van der Waals surface area (Å²) in [7, 11) is -3.30. The molecule has 0 aliphatic rings. The first-order valence-corrected chi connectivity index (χ1v) is 7.38. The van der Waals surface area contributed by atoms with Gasteiger partial charge in [0.1, 0.15) is 0 Å². The third-order valence-corrected chi connectivity index (χ3v) is 3.21. The number of alkyl halides is 1. The number of halogens is 1. The minimum atomic E-state index is -3.30. The third kappa shape index (κ3) is 4.70. The van der Waals surface area contributed by atoms with Crippen LogP contribution in [-0.2, 0) is 14.6 Å². The van der Waals surface area contributed by atoms with Crippen LogP contribution in [0.3, 0.4) is 0 Å². The molecule has 1 heterocycles. The zero-order valence-corrected chi connectivity index (χ0v) is 10.9. The summed E-state index contributed by atoms with van der Waals surface area (Å²) in [5.41, 5.74) is 0.469. The van der Waals surface area contributed by atoms with Crippen LogP contribution in [0.25, 0.3) is 0 Å². The zero-order chi connectivity index (χ0) is 12.9. The van der Waals surface area contributed by atoms with Crippen molar-refractivity contribution in [3.05, 3.63) is 18.3 Å². The summed E-state index contributed by atoms with van der Waals surface area (Å²) in [6.45, 7) is 0. The highest BCUT2D eigenvalue weighted by atomic mass is 35.5. The number of pyridine rings is 1. The Morgan fingerprint density at radius 2 is 2.18 bits per heavy atom. The summed E-state index contributed by atoms with van der Waals surface area (Å²) in [5, 5.41) is 2.58. The van der Waals surface area contributed by atoms with Crippen molar-refractivity contribution in [2.75, 3.05) is 17.5 Å². The maximum Gasteiger partial charge on any atom is 0.224 e. The van der Waals surface area contributed by atoms with Crippen LogP contribution in [0.1, 0.15) is 12.8 Å². The first kappa shape index (κ1) is 13.9. The van der Waals surface area contributed by atoms with Crippen molar-refractivity contribution in [3.8, 4) is 0 Å². The van der Waals surface area contributed by atoms with Gasteiger partial charge in [0.25, 0.3) is 0 Å². The number of hydrogen-bond donors (Lipinski definition) is 1. The van der Waals surface area contributed by atoms with Crippen molar-refractivity contribution >= 4 is 33.0 Å². The first-order chi connectivity index (χ1) is 7.93. The highest BCUT2D eigenvalue weighted by Gasteiger charge is 2.08. The Labute approximate surface area is 105 Å². The number of sulfone groups is 1. The second kappa shape index (κ2) is 5.97. The summed E-state index contributed by atoms with van der Waals surface area (Å²) in [4.78, 5) is 15.1. The van der Waals surface area contributed by atoms with E-state index in [2.05, 4.69) is 10.3 Å². The SMILES string of the molecule is CS(=O)(=O)c1ccc(NC(=O)CCCCl)cn1. The predicted octanol–water partition coefficient (Wildman–Crippen LogP) is 1.44. The quantitative estimate of drug-likeness (QED) is 0.826. The number of nitrogens with one attached hydrogen (secondary N) is 1. The van der Waals surface area contributed by atoms with E-state index in [0.717, 1.165) is 6.26 Å². The molecule has 1 aromatic heterocycles. The van der Waals surface area contributed by atoms with Gasteiger partial charge in [-0.05, 0) is 18.6 Å². The van der Waals surface area contributed by atoms with Gasteiger partial charge in [-0.3, -0.25) is 4.79 Å². The van der Waals surface area contributed by atoms with Crippen molar-refractivity contribution in [3.63, 3.8) is 0 Å². The van der Waals surface area contributed by atoms with E-state index in [1.54, 1.807) is 0 Å². The van der Waals surface area contributed by atoms with E-state index < -0.39 is 9.84 Å². The molecular weight excluding hydrogens is 264 g/mol. The van der Waals surface area contributed by atoms with Gasteiger partial charge in [0, 0.05) is 18.6 Å². The average molecular weight is 277 g/mol. The standard InChI is InChI=1S/C10H13ClN2O3S/c1-17(15,16)10-5-4-8(7-12-10)13-9(14)3-2-6-11/h4-5,7H,2-3,6H2,1H3,(H,13,14). The van der Waals surface area contributed by atoms with E-state index in [1.807, 2.05) is 0 Å². The van der Waals surface area contributed by atoms with Gasteiger partial charge in [0.2, 0.25) is 5.91 Å². The molecule has 0 saturated carbocycles. The van der Waals surface area contributed by atoms with Crippen molar-refractivity contribution in [1.82, 2.24) is 4.98 Å². The molecule has 0 aliphatic carbocycles. The third-order valence-electron chi connectivity index (χ3n) is 1.94. The Morgan fingerprint density at radius 1 is 1.47 bits per heavy atom. The molecule has 0 atom stereocenters. The predicted molar refractivity (Wildman–Crippen MR) is 65.9 cm³/mol. The van der Waals surface area contributed by atoms with Crippen molar-refractivity contribution < 1.29 is 13.2 Å². The van der Waals surface area contributed by atoms with Gasteiger partial charge >= 0.3 is 0 Å². The van der Waals surface area contributed by atoms with Crippen LogP contribution in [0.2, 0.25) is 0 Å². The number of nitrogens with zero attached hydrogens (tertiary/aromatic N) is 1. The van der Waals surface area contributed by atoms with Crippen LogP contribution in [0, 0.1) is 0 Å². The molecule has 7 heteroatoms. The smallest absolute Gasteiger partial charge is 0.224 e. The molecule has 0 aliphatic heterocycles. The van der Waals surface area contributed by atoms with E-state index in [4.69, 9.17) is 11.6 Å². The molecule has 1 amide bonds. The number of rotatable bonds is 5. The number of hydrogen-bond acceptors (Lipinski definition) is 4. The molecule has 1 N–H and O–H groups in total. The molecule has 0 saturated heterocycles. The normalized spacial score (nSPS) is 11.2. The summed E-state index contributed by atoms with van der Waals surface area (Å²) in [6.07, 6.45) is 3.32. The lowest BCUT2D eigenvalue weighted by Crippen LogP contribution is -2.12. The molecule has 0 aromatic carbocycles. The van der Waals surface area contributed by atoms with Crippen molar-refractivity contribution in [2.45, 2.75) is 17.9 Å². The molecule has 0 unspecified atom stereocenters. The van der Waals surface area contributed by atoms with Crippen LogP contribution in [0.15, 0.2) is 23.4 Å². The van der Waals surface area contributed by atoms with Crippen LogP contribution < -0.4 is 5.32 Å². The van der Waals surface area contributed by atoms with Gasteiger partial charge < -0.3 is 5.32 Å². The van der Waals surface area contributed by atoms with Gasteiger partial charge in [-0.2, -0.15) is 0 Å². The van der Waals surface area contributed by atoms with Crippen LogP contribution in [0.5, 0.6) is 0 Å². The summed E-state index contributed by atoms with van der Waals surface area (Å²) < 4.78 is 22.3. The molecule has 17 heavy (non-hydrogen) atoms. The first-order valence-electron chi connectivity index (χ1n) is 4.95. The molecule has 0 radical (unpaired) electrons. The minimum absolute atomic E-state index is 0.0174. The Kier molecular flexibility index (Phi) is 4.89. The van der Waals surface area contributed by atoms with Crippen LogP contribution in [0.4, 0.5) is 5.69 Å². The molecule has 1 rings (SSSR count). The summed E-state index contributed by atoms with van der Waals surface area (Å²) in [6, 6.07) is 2.86. The van der Waals surface area contributed by atoms with Gasteiger partial charge in [0.15, 0.2) is 14.9 Å². The number of aromatic nitrogens is 1. The second-order valence-electron chi connectivity index (χ2n) is 3.50. The monoisotopic (exact) mass is 276 g/mol. The highest BCUT2D eigenvalue weighted by molar-refractivity contribution is 7.90. The maximum absolute atomic E-state index is 11.3. The number of carbonyl (C=O) groups excluding carboxylic acids is 1. The molecule has 0 spiro atoms. The average Bonchev–Trinajstić information content (AvgIpc) is 2.26. The fourth-order valence-electron chi connectivity index (χ4n) is 1.12. The Balaban J connectivity index is 2.66. The fourth-order valence-corrected chi connectivity index (χ4v) is 1.82. The van der Waals surface area contributed by atoms with E-state index in [1.165, 1.54) is 18.3 Å². The van der Waals surface area contributed by atoms with E-state index >= 15 is 0 Å². The van der Waals surface area contributed by atoms with Crippen molar-refractivity contribution in [2.24, 2.45) is 0 Å². The van der Waals surface area contributed by atoms with Gasteiger partial charge in [-0.25, -0.2) is 13.4 Å². The Morgan fingerprint density at radius 3 is 2.65 bits per heavy atom. The Bertz CT molecular complexity index is 485. The lowest BCUT2D eigenvalue weighted by Gasteiger charge is -2.04. The molecule has 5 nitrogen and oxygen atoms in total. The molecular formula is C10H13ClN2O3S. The second-order valence-corrected chi connectivity index (χ2v) is 5.84. The van der Waals surface area contributed by atoms with Gasteiger partial charge in [-0.1, -0.05) is 0 Å². The maximum atomic E-state index is 11.3. The van der Waals surface area contributed by atoms with E-state index in [0.29, 0.717) is 24.4 Å². The highest BCUT2D eigenvalue weighted by Crippen LogP contribution is 2.10. The van der Waals surface area contributed by atoms with Crippen LogP contribution in [-0.4, -0.2) is 31.4 Å². The summed E-state index contributed by atoms with van der Waals surface area (Å²) >= 11 is 5.46. The lowest BCUT2D eigenvalue weighted by atomic mass is 10.3. The van der Waals surface area contributed by atoms with Gasteiger partial charge in [-0.15, -0.1) is 11.6 Å². The lowest BCUT2D eigenvalue weighted by molar-refractivity contribution is -0.116. The van der Waals surface area contributed by atoms with Crippen molar-refractivity contribution in [1.29, 1.82) is 0 Å². The molecule has 1 aromatic rings. The minimum Gasteiger partial charge on any atom is -0.325 e. The Hall–Kier alpha value is -1.14. The number of anilines is 1. The fraction of sp³-hybridized carbons (Fsp3) is 0.400. The van der Waals surface area contributed by atoms with Crippen LogP contribution >= 0.6 is 11.6 Å². The number of amides is 1. The molecule has 0 fully saturated rings. The van der Waals surface area contributed by atoms with E-state index in [9.17, 15) is 13.2 Å². The number of carbonyl (C=O) groups is 1. The van der Waals surface area contributed by atoms with Gasteiger partial charge in [0.05, 0.1) is 11.9 Å². The molecule has 94 valence electrons. The zero-order valence-electron chi connectivity index (χ0n) is 9.31.